The summed E-state index contributed by atoms with van der Waals surface area (Å²) < 4.78 is 0. The summed E-state index contributed by atoms with van der Waals surface area (Å²) in [5.41, 5.74) is 0.233. The first-order valence-electron chi connectivity index (χ1n) is 5.83. The minimum atomic E-state index is 0.233. The molecule has 0 aromatic rings. The third-order valence-corrected chi connectivity index (χ3v) is 4.26. The van der Waals surface area contributed by atoms with E-state index >= 15 is 0 Å². The molecule has 0 atom stereocenters. The number of aliphatic imine (C=N–C) groups is 1. The fourth-order valence-corrected chi connectivity index (χ4v) is 3.10. The summed E-state index contributed by atoms with van der Waals surface area (Å²) in [6, 6.07) is 0. The zero-order valence-electron chi connectivity index (χ0n) is 9.75. The molecule has 2 heterocycles. The van der Waals surface area contributed by atoms with Gasteiger partial charge in [0.25, 0.3) is 0 Å². The summed E-state index contributed by atoms with van der Waals surface area (Å²) in [5, 5.41) is 4.59. The lowest BCUT2D eigenvalue weighted by molar-refractivity contribution is 0.349. The van der Waals surface area contributed by atoms with Crippen molar-refractivity contribution in [2.45, 2.75) is 32.2 Å². The number of likely N-dealkylation sites (tertiary alicyclic amines) is 1. The van der Waals surface area contributed by atoms with Crippen LogP contribution in [0.1, 0.15) is 26.7 Å². The van der Waals surface area contributed by atoms with Gasteiger partial charge in [0, 0.05) is 17.8 Å². The van der Waals surface area contributed by atoms with Crippen LogP contribution in [0.2, 0.25) is 0 Å². The van der Waals surface area contributed by atoms with E-state index in [1.54, 1.807) is 0 Å². The normalized spacial score (nSPS) is 28.5. The minimum absolute atomic E-state index is 0.233. The predicted molar refractivity (Wildman–Crippen MR) is 67.6 cm³/mol. The summed E-state index contributed by atoms with van der Waals surface area (Å²) in [7, 11) is 0. The molecule has 15 heavy (non-hydrogen) atoms. The largest absolute Gasteiger partial charge is 0.359 e. The van der Waals surface area contributed by atoms with Gasteiger partial charge >= 0.3 is 0 Å². The molecule has 86 valence electrons. The summed E-state index contributed by atoms with van der Waals surface area (Å²) in [6.07, 6.45) is 2.74. The third-order valence-electron chi connectivity index (χ3n) is 2.89. The lowest BCUT2D eigenvalue weighted by Crippen LogP contribution is -2.37. The van der Waals surface area contributed by atoms with E-state index in [0.717, 1.165) is 24.0 Å². The molecule has 2 rings (SSSR count). The molecule has 0 spiro atoms. The first kappa shape index (κ1) is 11.3. The van der Waals surface area contributed by atoms with E-state index in [2.05, 4.69) is 29.1 Å². The van der Waals surface area contributed by atoms with Crippen LogP contribution in [-0.2, 0) is 0 Å². The number of nitrogens with one attached hydrogen (secondary N) is 1. The number of amidine groups is 1. The van der Waals surface area contributed by atoms with Gasteiger partial charge < -0.3 is 10.2 Å². The number of rotatable bonds is 3. The predicted octanol–water partition coefficient (Wildman–Crippen LogP) is 1.55. The second-order valence-electron chi connectivity index (χ2n) is 5.03. The molecule has 0 aliphatic carbocycles. The van der Waals surface area contributed by atoms with Crippen molar-refractivity contribution in [3.63, 3.8) is 0 Å². The average molecular weight is 227 g/mol. The van der Waals surface area contributed by atoms with Gasteiger partial charge in [-0.25, -0.2) is 0 Å². The van der Waals surface area contributed by atoms with Gasteiger partial charge in [-0.15, -0.1) is 0 Å². The highest BCUT2D eigenvalue weighted by molar-refractivity contribution is 8.14. The zero-order chi connectivity index (χ0) is 10.7. The highest BCUT2D eigenvalue weighted by Gasteiger charge is 2.27. The molecule has 2 saturated heterocycles. The fourth-order valence-electron chi connectivity index (χ4n) is 1.99. The van der Waals surface area contributed by atoms with E-state index in [1.807, 2.05) is 11.8 Å². The molecule has 0 aromatic carbocycles. The minimum Gasteiger partial charge on any atom is -0.359 e. The second-order valence-corrected chi connectivity index (χ2v) is 6.00. The Kier molecular flexibility index (Phi) is 3.57. The van der Waals surface area contributed by atoms with E-state index in [1.165, 1.54) is 25.9 Å². The van der Waals surface area contributed by atoms with E-state index in [9.17, 15) is 0 Å². The van der Waals surface area contributed by atoms with Crippen LogP contribution in [0.5, 0.6) is 0 Å². The Hall–Kier alpha value is -0.220. The monoisotopic (exact) mass is 227 g/mol. The van der Waals surface area contributed by atoms with Crippen molar-refractivity contribution in [3.05, 3.63) is 0 Å². The maximum Gasteiger partial charge on any atom is 0.157 e. The summed E-state index contributed by atoms with van der Waals surface area (Å²) >= 11 is 1.85. The van der Waals surface area contributed by atoms with E-state index in [0.29, 0.717) is 0 Å². The van der Waals surface area contributed by atoms with Crippen LogP contribution < -0.4 is 5.32 Å². The molecular formula is C11H21N3S. The standard InChI is InChI=1S/C11H21N3S/c1-11(2)9-15-10(13-11)12-5-8-14-6-3-4-7-14/h3-9H2,1-2H3,(H,12,13). The molecule has 0 bridgehead atoms. The molecule has 3 nitrogen and oxygen atoms in total. The molecule has 0 amide bonds. The fraction of sp³-hybridized carbons (Fsp3) is 0.909. The van der Waals surface area contributed by atoms with Crippen LogP contribution >= 0.6 is 11.8 Å². The number of hydrogen-bond acceptors (Lipinski definition) is 3. The van der Waals surface area contributed by atoms with Crippen LogP contribution in [-0.4, -0.2) is 47.5 Å². The Bertz CT molecular complexity index is 244. The molecule has 0 unspecified atom stereocenters. The van der Waals surface area contributed by atoms with E-state index < -0.39 is 0 Å². The Labute approximate surface area is 96.7 Å². The summed E-state index contributed by atoms with van der Waals surface area (Å²) in [6.45, 7) is 9.08. The topological polar surface area (TPSA) is 27.6 Å². The highest BCUT2D eigenvalue weighted by Crippen LogP contribution is 2.21. The first-order chi connectivity index (χ1) is 7.16. The van der Waals surface area contributed by atoms with Gasteiger partial charge in [-0.2, -0.15) is 0 Å². The lowest BCUT2D eigenvalue weighted by atomic mass is 10.1. The highest BCUT2D eigenvalue weighted by atomic mass is 32.2. The molecule has 1 N–H and O–H groups in total. The Morgan fingerprint density at radius 2 is 2.13 bits per heavy atom. The van der Waals surface area contributed by atoms with Gasteiger partial charge in [-0.05, 0) is 39.8 Å². The van der Waals surface area contributed by atoms with Crippen LogP contribution in [0.25, 0.3) is 0 Å². The summed E-state index contributed by atoms with van der Waals surface area (Å²) in [5.74, 6) is 1.13. The van der Waals surface area contributed by atoms with Crippen molar-refractivity contribution >= 4 is 16.9 Å². The maximum atomic E-state index is 4.61. The first-order valence-corrected chi connectivity index (χ1v) is 6.82. The lowest BCUT2D eigenvalue weighted by Gasteiger charge is -2.16. The quantitative estimate of drug-likeness (QED) is 0.793. The number of nitrogens with zero attached hydrogens (tertiary/aromatic N) is 2. The Morgan fingerprint density at radius 3 is 2.73 bits per heavy atom. The molecule has 2 fully saturated rings. The molecule has 0 saturated carbocycles. The second kappa shape index (κ2) is 4.74. The van der Waals surface area contributed by atoms with Crippen LogP contribution in [0.15, 0.2) is 4.99 Å². The van der Waals surface area contributed by atoms with Crippen LogP contribution in [0, 0.1) is 0 Å². The number of thioether (sulfide) groups is 1. The Balaban J connectivity index is 1.70. The van der Waals surface area contributed by atoms with Crippen molar-refractivity contribution in [2.24, 2.45) is 4.99 Å². The summed E-state index contributed by atoms with van der Waals surface area (Å²) in [4.78, 5) is 7.12. The molecule has 2 aliphatic heterocycles. The van der Waals surface area contributed by atoms with Gasteiger partial charge in [0.2, 0.25) is 0 Å². The Morgan fingerprint density at radius 1 is 1.40 bits per heavy atom. The van der Waals surface area contributed by atoms with Crippen molar-refractivity contribution in [2.75, 3.05) is 31.9 Å². The zero-order valence-corrected chi connectivity index (χ0v) is 10.6. The molecule has 4 heteroatoms. The number of hydrogen-bond donors (Lipinski definition) is 1. The van der Waals surface area contributed by atoms with Gasteiger partial charge in [0.15, 0.2) is 5.17 Å². The molecular weight excluding hydrogens is 206 g/mol. The van der Waals surface area contributed by atoms with Gasteiger partial charge in [0.1, 0.15) is 0 Å². The van der Waals surface area contributed by atoms with E-state index in [-0.39, 0.29) is 5.54 Å². The molecule has 0 radical (unpaired) electrons. The van der Waals surface area contributed by atoms with Gasteiger partial charge in [-0.1, -0.05) is 11.8 Å². The van der Waals surface area contributed by atoms with Crippen molar-refractivity contribution in [1.29, 1.82) is 0 Å². The molecule has 2 aliphatic rings. The SMILES string of the molecule is CC1(C)CSC(=NCCN2CCCC2)N1. The van der Waals surface area contributed by atoms with Crippen LogP contribution in [0.3, 0.4) is 0 Å². The maximum absolute atomic E-state index is 4.61. The smallest absolute Gasteiger partial charge is 0.157 e. The van der Waals surface area contributed by atoms with Crippen molar-refractivity contribution in [3.8, 4) is 0 Å². The van der Waals surface area contributed by atoms with Gasteiger partial charge in [-0.3, -0.25) is 4.99 Å². The molecule has 0 aromatic heterocycles. The van der Waals surface area contributed by atoms with E-state index in [4.69, 9.17) is 0 Å². The van der Waals surface area contributed by atoms with Crippen molar-refractivity contribution in [1.82, 2.24) is 10.2 Å². The van der Waals surface area contributed by atoms with Gasteiger partial charge in [0.05, 0.1) is 6.54 Å². The van der Waals surface area contributed by atoms with Crippen molar-refractivity contribution < 1.29 is 0 Å². The average Bonchev–Trinajstić information content (AvgIpc) is 2.76. The van der Waals surface area contributed by atoms with Crippen LogP contribution in [0.4, 0.5) is 0 Å². The third kappa shape index (κ3) is 3.38.